The standard InChI is InChI=1S/C8H9BF3N2.K/c1-2-8-13-5-7(6-14-8)3-4-9(10,11)12;/h3-6H,2H2,1H3;/q-1;+1/b4-3+;. The molecule has 0 N–H and O–H groups in total. The maximum atomic E-state index is 11.8. The Labute approximate surface area is 129 Å². The minimum atomic E-state index is -4.88. The first kappa shape index (κ1) is 15.3. The summed E-state index contributed by atoms with van der Waals surface area (Å²) in [5.74, 6) is 0.851. The van der Waals surface area contributed by atoms with E-state index in [1.807, 2.05) is 6.92 Å². The molecule has 1 heterocycles. The number of hydrogen-bond acceptors (Lipinski definition) is 2. The predicted molar refractivity (Wildman–Crippen MR) is 49.5 cm³/mol. The van der Waals surface area contributed by atoms with Crippen LogP contribution in [-0.2, 0) is 6.42 Å². The Hall–Kier alpha value is 0.311. The average molecular weight is 240 g/mol. The zero-order chi connectivity index (χ0) is 10.6. The second kappa shape index (κ2) is 6.80. The van der Waals surface area contributed by atoms with Gasteiger partial charge in [0.05, 0.1) is 0 Å². The fourth-order valence-corrected chi connectivity index (χ4v) is 0.854. The minimum absolute atomic E-state index is 0. The van der Waals surface area contributed by atoms with Crippen molar-refractivity contribution in [2.45, 2.75) is 13.3 Å². The van der Waals surface area contributed by atoms with Gasteiger partial charge in [0.25, 0.3) is 0 Å². The van der Waals surface area contributed by atoms with Crippen molar-refractivity contribution in [1.82, 2.24) is 9.97 Å². The van der Waals surface area contributed by atoms with E-state index >= 15 is 0 Å². The van der Waals surface area contributed by atoms with E-state index in [2.05, 4.69) is 9.97 Å². The van der Waals surface area contributed by atoms with Crippen molar-refractivity contribution in [3.05, 3.63) is 29.8 Å². The zero-order valence-electron chi connectivity index (χ0n) is 8.62. The second-order valence-electron chi connectivity index (χ2n) is 2.77. The smallest absolute Gasteiger partial charge is 0.445 e. The van der Waals surface area contributed by atoms with Crippen molar-refractivity contribution in [2.75, 3.05) is 0 Å². The normalized spacial score (nSPS) is 11.5. The maximum Gasteiger partial charge on any atom is 1.00 e. The van der Waals surface area contributed by atoms with Crippen LogP contribution in [0.3, 0.4) is 0 Å². The SMILES string of the molecule is CCc1ncc(/C=C/[B-](F)(F)F)cn1.[K+]. The van der Waals surface area contributed by atoms with Crippen LogP contribution in [0.2, 0.25) is 0 Å². The van der Waals surface area contributed by atoms with Gasteiger partial charge in [-0.3, -0.25) is 0 Å². The molecular weight excluding hydrogens is 231 g/mol. The molecule has 0 fully saturated rings. The number of aromatic nitrogens is 2. The van der Waals surface area contributed by atoms with Gasteiger partial charge in [-0.25, -0.2) is 9.97 Å². The molecule has 1 rings (SSSR count). The topological polar surface area (TPSA) is 25.8 Å². The van der Waals surface area contributed by atoms with Crippen molar-refractivity contribution >= 4 is 13.1 Å². The van der Waals surface area contributed by atoms with Crippen LogP contribution in [0.4, 0.5) is 12.9 Å². The molecule has 0 aliphatic rings. The molecule has 7 heteroatoms. The molecular formula is C8H9BF3KN2. The van der Waals surface area contributed by atoms with Gasteiger partial charge in [-0.2, -0.15) is 0 Å². The molecule has 0 bridgehead atoms. The molecule has 0 amide bonds. The van der Waals surface area contributed by atoms with Gasteiger partial charge in [0.15, 0.2) is 0 Å². The largest absolute Gasteiger partial charge is 1.00 e. The van der Waals surface area contributed by atoms with Gasteiger partial charge in [0.1, 0.15) is 5.82 Å². The van der Waals surface area contributed by atoms with Crippen LogP contribution in [-0.4, -0.2) is 16.9 Å². The summed E-state index contributed by atoms with van der Waals surface area (Å²) in [4.78, 5) is 7.75. The average Bonchev–Trinajstić information content (AvgIpc) is 2.14. The van der Waals surface area contributed by atoms with E-state index in [4.69, 9.17) is 0 Å². The van der Waals surface area contributed by atoms with Gasteiger partial charge < -0.3 is 12.9 Å². The van der Waals surface area contributed by atoms with Crippen molar-refractivity contribution < 1.29 is 64.3 Å². The Balaban J connectivity index is 0.00000196. The van der Waals surface area contributed by atoms with Crippen LogP contribution in [0, 0.1) is 0 Å². The molecule has 15 heavy (non-hydrogen) atoms. The molecule has 1 aromatic rings. The Bertz CT molecular complexity index is 324. The summed E-state index contributed by atoms with van der Waals surface area (Å²) in [5.41, 5.74) is 0.362. The first-order chi connectivity index (χ1) is 6.51. The van der Waals surface area contributed by atoms with Gasteiger partial charge >= 0.3 is 58.4 Å². The van der Waals surface area contributed by atoms with E-state index in [1.165, 1.54) is 12.4 Å². The third-order valence-corrected chi connectivity index (χ3v) is 1.55. The first-order valence-electron chi connectivity index (χ1n) is 4.21. The molecule has 0 saturated carbocycles. The molecule has 0 saturated heterocycles. The summed E-state index contributed by atoms with van der Waals surface area (Å²) in [5, 5.41) is 0. The molecule has 0 aliphatic heterocycles. The molecule has 76 valence electrons. The van der Waals surface area contributed by atoms with Crippen LogP contribution < -0.4 is 51.4 Å². The van der Waals surface area contributed by atoms with E-state index in [-0.39, 0.29) is 57.4 Å². The van der Waals surface area contributed by atoms with E-state index in [0.717, 1.165) is 6.08 Å². The fraction of sp³-hybridized carbons (Fsp3) is 0.250. The molecule has 0 unspecified atom stereocenters. The molecule has 0 radical (unpaired) electrons. The summed E-state index contributed by atoms with van der Waals surface area (Å²) in [6.07, 6.45) is 4.40. The van der Waals surface area contributed by atoms with Gasteiger partial charge in [0.2, 0.25) is 0 Å². The summed E-state index contributed by atoms with van der Waals surface area (Å²) in [6.45, 7) is -3.00. The molecule has 0 atom stereocenters. The summed E-state index contributed by atoms with van der Waals surface area (Å²) in [7, 11) is 0. The van der Waals surface area contributed by atoms with E-state index in [1.54, 1.807) is 0 Å². The Morgan fingerprint density at radius 2 is 1.80 bits per heavy atom. The van der Waals surface area contributed by atoms with Gasteiger partial charge in [-0.15, -0.1) is 5.98 Å². The number of hydrogen-bond donors (Lipinski definition) is 0. The molecule has 0 aliphatic carbocycles. The van der Waals surface area contributed by atoms with Gasteiger partial charge in [-0.1, -0.05) is 13.0 Å². The van der Waals surface area contributed by atoms with Crippen molar-refractivity contribution in [2.24, 2.45) is 0 Å². The third-order valence-electron chi connectivity index (χ3n) is 1.55. The number of halogens is 3. The molecule has 1 aromatic heterocycles. The minimum Gasteiger partial charge on any atom is -0.445 e. The summed E-state index contributed by atoms with van der Waals surface area (Å²) < 4.78 is 35.5. The van der Waals surface area contributed by atoms with Crippen molar-refractivity contribution in [1.29, 1.82) is 0 Å². The maximum absolute atomic E-state index is 11.8. The van der Waals surface area contributed by atoms with E-state index in [0.29, 0.717) is 17.8 Å². The third kappa shape index (κ3) is 6.47. The summed E-state index contributed by atoms with van der Waals surface area (Å²) >= 11 is 0. The Kier molecular flexibility index (Phi) is 6.94. The molecule has 0 spiro atoms. The Morgan fingerprint density at radius 3 is 2.20 bits per heavy atom. The fourth-order valence-electron chi connectivity index (χ4n) is 0.854. The van der Waals surface area contributed by atoms with Gasteiger partial charge in [0, 0.05) is 24.4 Å². The second-order valence-corrected chi connectivity index (χ2v) is 2.77. The molecule has 2 nitrogen and oxygen atoms in total. The van der Waals surface area contributed by atoms with Crippen LogP contribution in [0.15, 0.2) is 18.4 Å². The van der Waals surface area contributed by atoms with Gasteiger partial charge in [-0.05, 0) is 0 Å². The number of rotatable bonds is 3. The van der Waals surface area contributed by atoms with Crippen LogP contribution in [0.5, 0.6) is 0 Å². The number of aryl methyl sites for hydroxylation is 1. The monoisotopic (exact) mass is 240 g/mol. The van der Waals surface area contributed by atoms with E-state index < -0.39 is 6.98 Å². The van der Waals surface area contributed by atoms with Crippen LogP contribution in [0.25, 0.3) is 6.08 Å². The Morgan fingerprint density at radius 1 is 1.27 bits per heavy atom. The first-order valence-corrected chi connectivity index (χ1v) is 4.21. The van der Waals surface area contributed by atoms with E-state index in [9.17, 15) is 12.9 Å². The number of nitrogens with zero attached hydrogens (tertiary/aromatic N) is 2. The molecule has 0 aromatic carbocycles. The predicted octanol–water partition coefficient (Wildman–Crippen LogP) is -0.557. The van der Waals surface area contributed by atoms with Crippen molar-refractivity contribution in [3.63, 3.8) is 0 Å². The van der Waals surface area contributed by atoms with Crippen molar-refractivity contribution in [3.8, 4) is 0 Å². The van der Waals surface area contributed by atoms with Crippen LogP contribution >= 0.6 is 0 Å². The van der Waals surface area contributed by atoms with Crippen LogP contribution in [0.1, 0.15) is 18.3 Å². The zero-order valence-corrected chi connectivity index (χ0v) is 11.7. The quantitative estimate of drug-likeness (QED) is 0.662. The summed E-state index contributed by atoms with van der Waals surface area (Å²) in [6, 6.07) is 0.